The van der Waals surface area contributed by atoms with Gasteiger partial charge in [0.25, 0.3) is 5.56 Å². The molecule has 2 aromatic rings. The van der Waals surface area contributed by atoms with Crippen LogP contribution in [0.25, 0.3) is 11.1 Å². The Hall–Kier alpha value is -3.57. The minimum Gasteiger partial charge on any atom is -0.478 e. The fourth-order valence-electron chi connectivity index (χ4n) is 2.23. The molecule has 2 rings (SSSR count). The van der Waals surface area contributed by atoms with Crippen molar-refractivity contribution in [3.63, 3.8) is 0 Å². The van der Waals surface area contributed by atoms with Gasteiger partial charge in [0, 0.05) is 11.6 Å². The van der Waals surface area contributed by atoms with Gasteiger partial charge in [0.15, 0.2) is 0 Å². The minimum absolute atomic E-state index is 0.342. The zero-order valence-corrected chi connectivity index (χ0v) is 12.3. The Labute approximate surface area is 140 Å². The minimum atomic E-state index is -5.19. The maximum absolute atomic E-state index is 13.7. The van der Waals surface area contributed by atoms with Crippen molar-refractivity contribution >= 4 is 17.8 Å². The lowest BCUT2D eigenvalue weighted by molar-refractivity contribution is -0.274. The number of pyridine rings is 1. The van der Waals surface area contributed by atoms with Gasteiger partial charge >= 0.3 is 18.3 Å². The molecule has 26 heavy (non-hydrogen) atoms. The fraction of sp³-hybridized carbons (Fsp3) is 0.0714. The van der Waals surface area contributed by atoms with Crippen LogP contribution in [-0.2, 0) is 0 Å². The van der Waals surface area contributed by atoms with E-state index in [9.17, 15) is 42.2 Å². The van der Waals surface area contributed by atoms with Gasteiger partial charge in [-0.15, -0.1) is 13.2 Å². The molecule has 0 aliphatic heterocycles. The maximum atomic E-state index is 13.7. The van der Waals surface area contributed by atoms with Crippen LogP contribution in [0, 0.1) is 5.82 Å². The summed E-state index contributed by atoms with van der Waals surface area (Å²) in [6, 6.07) is 1.41. The average Bonchev–Trinajstić information content (AvgIpc) is 2.42. The van der Waals surface area contributed by atoms with E-state index in [-0.39, 0.29) is 0 Å². The number of hydrogen-bond donors (Lipinski definition) is 4. The molecule has 0 spiro atoms. The first-order valence-corrected chi connectivity index (χ1v) is 6.49. The van der Waals surface area contributed by atoms with Crippen molar-refractivity contribution in [2.45, 2.75) is 6.36 Å². The number of hydrogen-bond acceptors (Lipinski definition) is 5. The van der Waals surface area contributed by atoms with Gasteiger partial charge in [-0.25, -0.2) is 14.0 Å². The number of carbonyl (C=O) groups is 2. The number of benzene rings is 1. The van der Waals surface area contributed by atoms with Gasteiger partial charge in [-0.1, -0.05) is 0 Å². The van der Waals surface area contributed by atoms with Crippen molar-refractivity contribution in [1.29, 1.82) is 0 Å². The zero-order valence-electron chi connectivity index (χ0n) is 12.3. The summed E-state index contributed by atoms with van der Waals surface area (Å²) in [5.41, 5.74) is 0.468. The van der Waals surface area contributed by atoms with Gasteiger partial charge in [0.05, 0.1) is 0 Å². The van der Waals surface area contributed by atoms with Gasteiger partial charge in [0.2, 0.25) is 0 Å². The second kappa shape index (κ2) is 6.38. The van der Waals surface area contributed by atoms with Crippen LogP contribution in [0.15, 0.2) is 23.0 Å². The molecule has 0 amide bonds. The first-order chi connectivity index (χ1) is 11.9. The second-order valence-electron chi connectivity index (χ2n) is 4.83. The molecule has 1 aromatic heterocycles. The number of aromatic carboxylic acids is 2. The molecule has 12 heteroatoms. The predicted molar refractivity (Wildman–Crippen MR) is 77.5 cm³/mol. The average molecular weight is 376 g/mol. The quantitative estimate of drug-likeness (QED) is 0.598. The van der Waals surface area contributed by atoms with E-state index in [0.717, 1.165) is 0 Å². The SMILES string of the molecule is Nc1[nH]c(=O)c(C(=O)O)c(-c2cc(F)cc(OC(F)(F)F)c2)c1C(=O)O. The number of nitrogens with two attached hydrogens (primary N) is 1. The van der Waals surface area contributed by atoms with Gasteiger partial charge in [-0.05, 0) is 17.7 Å². The van der Waals surface area contributed by atoms with E-state index in [0.29, 0.717) is 18.2 Å². The van der Waals surface area contributed by atoms with E-state index in [1.165, 1.54) is 0 Å². The van der Waals surface area contributed by atoms with Crippen molar-refractivity contribution in [3.8, 4) is 16.9 Å². The van der Waals surface area contributed by atoms with Crippen molar-refractivity contribution in [2.24, 2.45) is 0 Å². The predicted octanol–water partition coefficient (Wildman–Crippen LogP) is 2.06. The number of rotatable bonds is 4. The number of H-pyrrole nitrogens is 1. The van der Waals surface area contributed by atoms with Crippen LogP contribution in [0.4, 0.5) is 23.4 Å². The highest BCUT2D eigenvalue weighted by Gasteiger charge is 2.32. The Balaban J connectivity index is 2.89. The highest BCUT2D eigenvalue weighted by atomic mass is 19.4. The highest BCUT2D eigenvalue weighted by Crippen LogP contribution is 2.33. The van der Waals surface area contributed by atoms with Crippen LogP contribution in [-0.4, -0.2) is 33.5 Å². The lowest BCUT2D eigenvalue weighted by atomic mass is 9.95. The third kappa shape index (κ3) is 3.74. The number of aromatic nitrogens is 1. The summed E-state index contributed by atoms with van der Waals surface area (Å²) in [4.78, 5) is 36.4. The third-order valence-electron chi connectivity index (χ3n) is 3.07. The summed E-state index contributed by atoms with van der Waals surface area (Å²) in [6.07, 6.45) is -5.19. The monoisotopic (exact) mass is 376 g/mol. The number of nitrogen functional groups attached to an aromatic ring is 1. The largest absolute Gasteiger partial charge is 0.573 e. The van der Waals surface area contributed by atoms with Crippen LogP contribution in [0.3, 0.4) is 0 Å². The fourth-order valence-corrected chi connectivity index (χ4v) is 2.23. The number of carboxylic acids is 2. The Morgan fingerprint density at radius 2 is 1.65 bits per heavy atom. The summed E-state index contributed by atoms with van der Waals surface area (Å²) >= 11 is 0. The normalized spacial score (nSPS) is 11.2. The summed E-state index contributed by atoms with van der Waals surface area (Å²) in [5.74, 6) is -6.83. The molecule has 0 saturated heterocycles. The van der Waals surface area contributed by atoms with E-state index in [1.54, 1.807) is 4.98 Å². The number of aromatic amines is 1. The second-order valence-corrected chi connectivity index (χ2v) is 4.83. The Kier molecular flexibility index (Phi) is 4.61. The van der Waals surface area contributed by atoms with Crippen molar-refractivity contribution in [3.05, 3.63) is 45.5 Å². The maximum Gasteiger partial charge on any atom is 0.573 e. The highest BCUT2D eigenvalue weighted by molar-refractivity contribution is 6.07. The van der Waals surface area contributed by atoms with Crippen molar-refractivity contribution in [1.82, 2.24) is 4.98 Å². The van der Waals surface area contributed by atoms with Gasteiger partial charge < -0.3 is 25.7 Å². The molecule has 0 radical (unpaired) electrons. The van der Waals surface area contributed by atoms with Gasteiger partial charge in [-0.3, -0.25) is 4.79 Å². The number of nitrogens with one attached hydrogen (secondary N) is 1. The summed E-state index contributed by atoms with van der Waals surface area (Å²) in [7, 11) is 0. The van der Waals surface area contributed by atoms with Crippen LogP contribution < -0.4 is 16.0 Å². The van der Waals surface area contributed by atoms with Gasteiger partial charge in [-0.2, -0.15) is 0 Å². The molecular weight excluding hydrogens is 368 g/mol. The molecule has 138 valence electrons. The number of halogens is 4. The first kappa shape index (κ1) is 18.8. The molecule has 0 unspecified atom stereocenters. The van der Waals surface area contributed by atoms with Crippen LogP contribution in [0.5, 0.6) is 5.75 Å². The topological polar surface area (TPSA) is 143 Å². The van der Waals surface area contributed by atoms with Gasteiger partial charge in [0.1, 0.15) is 28.5 Å². The Bertz CT molecular complexity index is 967. The molecule has 5 N–H and O–H groups in total. The molecule has 0 bridgehead atoms. The number of ether oxygens (including phenoxy) is 1. The molecule has 1 aromatic carbocycles. The molecule has 0 aliphatic carbocycles. The van der Waals surface area contributed by atoms with E-state index in [2.05, 4.69) is 4.74 Å². The van der Waals surface area contributed by atoms with Crippen molar-refractivity contribution < 1.29 is 42.1 Å². The summed E-state index contributed by atoms with van der Waals surface area (Å²) < 4.78 is 54.3. The smallest absolute Gasteiger partial charge is 0.478 e. The Morgan fingerprint density at radius 3 is 2.15 bits per heavy atom. The summed E-state index contributed by atoms with van der Waals surface area (Å²) in [6.45, 7) is 0. The molecule has 1 heterocycles. The molecule has 0 fully saturated rings. The van der Waals surface area contributed by atoms with Crippen LogP contribution in [0.2, 0.25) is 0 Å². The molecule has 0 atom stereocenters. The number of carboxylic acid groups (broad SMARTS) is 2. The van der Waals surface area contributed by atoms with Crippen LogP contribution >= 0.6 is 0 Å². The lowest BCUT2D eigenvalue weighted by Gasteiger charge is -2.14. The van der Waals surface area contributed by atoms with E-state index in [1.807, 2.05) is 0 Å². The van der Waals surface area contributed by atoms with Crippen LogP contribution in [0.1, 0.15) is 20.7 Å². The van der Waals surface area contributed by atoms with E-state index in [4.69, 9.17) is 5.73 Å². The lowest BCUT2D eigenvalue weighted by Crippen LogP contribution is -2.24. The number of anilines is 1. The van der Waals surface area contributed by atoms with E-state index < -0.39 is 63.5 Å². The zero-order chi connectivity index (χ0) is 19.8. The molecule has 0 saturated carbocycles. The van der Waals surface area contributed by atoms with Crippen molar-refractivity contribution in [2.75, 3.05) is 5.73 Å². The molecule has 8 nitrogen and oxygen atoms in total. The van der Waals surface area contributed by atoms with E-state index >= 15 is 0 Å². The third-order valence-corrected chi connectivity index (χ3v) is 3.07. The summed E-state index contributed by atoms with van der Waals surface area (Å²) in [5, 5.41) is 18.4. The molecule has 0 aliphatic rings. The Morgan fingerprint density at radius 1 is 1.08 bits per heavy atom. The standard InChI is InChI=1S/C14H8F4N2O6/c15-5-1-4(2-6(3-5)26-14(16,17)18)7-8(12(22)23)10(19)20-11(21)9(7)13(24)25/h1-3H,(H,22,23)(H,24,25)(H3,19,20,21). The first-order valence-electron chi connectivity index (χ1n) is 6.49. The molecular formula is C14H8F4N2O6. The number of alkyl halides is 3.